The molecule has 1 amide bonds. The molecule has 2 N–H and O–H groups in total. The average molecular weight is 323 g/mol. The van der Waals surface area contributed by atoms with E-state index in [4.69, 9.17) is 0 Å². The number of para-hydroxylation sites is 1. The Balaban J connectivity index is 1.60. The summed E-state index contributed by atoms with van der Waals surface area (Å²) < 4.78 is 0. The number of nitrogens with one attached hydrogen (secondary N) is 2. The lowest BCUT2D eigenvalue weighted by molar-refractivity contribution is -0.925. The van der Waals surface area contributed by atoms with Crippen molar-refractivity contribution in [2.45, 2.75) is 26.8 Å². The van der Waals surface area contributed by atoms with E-state index in [0.717, 1.165) is 24.1 Å². The van der Waals surface area contributed by atoms with E-state index in [1.807, 2.05) is 42.5 Å². The Kier molecular flexibility index (Phi) is 5.31. The monoisotopic (exact) mass is 323 g/mol. The molecule has 2 atom stereocenters. The number of rotatable bonds is 4. The summed E-state index contributed by atoms with van der Waals surface area (Å²) in [5.41, 5.74) is 2.84. The van der Waals surface area contributed by atoms with E-state index in [9.17, 15) is 4.79 Å². The van der Waals surface area contributed by atoms with Crippen molar-refractivity contribution in [3.8, 4) is 0 Å². The number of quaternary nitrogens is 1. The number of benzene rings is 2. The van der Waals surface area contributed by atoms with Gasteiger partial charge in [-0.15, -0.1) is 0 Å². The third-order valence-electron chi connectivity index (χ3n) is 4.78. The number of carbonyl (C=O) groups is 1. The van der Waals surface area contributed by atoms with Crippen molar-refractivity contribution >= 4 is 11.6 Å². The Morgan fingerprint density at radius 2 is 1.62 bits per heavy atom. The molecular weight excluding hydrogens is 296 g/mol. The Morgan fingerprint density at radius 1 is 1.00 bits per heavy atom. The lowest BCUT2D eigenvalue weighted by Crippen LogP contribution is -3.13. The van der Waals surface area contributed by atoms with Crippen LogP contribution in [0.4, 0.5) is 5.69 Å². The van der Waals surface area contributed by atoms with Crippen molar-refractivity contribution in [3.05, 3.63) is 65.7 Å². The van der Waals surface area contributed by atoms with Crippen LogP contribution in [0.2, 0.25) is 0 Å². The molecule has 1 aliphatic heterocycles. The van der Waals surface area contributed by atoms with E-state index >= 15 is 0 Å². The van der Waals surface area contributed by atoms with E-state index in [1.54, 1.807) is 4.90 Å². The normalized spacial score (nSPS) is 23.7. The van der Waals surface area contributed by atoms with E-state index in [2.05, 4.69) is 31.3 Å². The number of piperidine rings is 1. The molecule has 0 aliphatic carbocycles. The molecule has 0 saturated carbocycles. The SMILES string of the molecule is C[C@H]1C[C@H](C)C[NH+](Cc2ccc(C(=O)Nc3ccccc3)cc2)C1. The van der Waals surface area contributed by atoms with Crippen LogP contribution in [0.1, 0.15) is 36.2 Å². The maximum absolute atomic E-state index is 12.3. The van der Waals surface area contributed by atoms with Gasteiger partial charge < -0.3 is 10.2 Å². The highest BCUT2D eigenvalue weighted by Gasteiger charge is 2.25. The minimum atomic E-state index is -0.0553. The van der Waals surface area contributed by atoms with Gasteiger partial charge in [-0.2, -0.15) is 0 Å². The number of likely N-dealkylation sites (tertiary alicyclic amines) is 1. The molecule has 0 spiro atoms. The molecule has 24 heavy (non-hydrogen) atoms. The van der Waals surface area contributed by atoms with Crippen LogP contribution in [0.3, 0.4) is 0 Å². The summed E-state index contributed by atoms with van der Waals surface area (Å²) in [6.45, 7) is 8.26. The third kappa shape index (κ3) is 4.45. The van der Waals surface area contributed by atoms with Gasteiger partial charge in [0, 0.05) is 28.7 Å². The molecule has 1 saturated heterocycles. The highest BCUT2D eigenvalue weighted by Crippen LogP contribution is 2.13. The van der Waals surface area contributed by atoms with Crippen molar-refractivity contribution in [3.63, 3.8) is 0 Å². The fourth-order valence-corrected chi connectivity index (χ4v) is 3.85. The highest BCUT2D eigenvalue weighted by atomic mass is 16.1. The first-order chi connectivity index (χ1) is 11.6. The van der Waals surface area contributed by atoms with Gasteiger partial charge in [0.05, 0.1) is 13.1 Å². The molecule has 0 unspecified atom stereocenters. The summed E-state index contributed by atoms with van der Waals surface area (Å²) >= 11 is 0. The van der Waals surface area contributed by atoms with E-state index in [1.165, 1.54) is 25.1 Å². The smallest absolute Gasteiger partial charge is 0.255 e. The lowest BCUT2D eigenvalue weighted by atomic mass is 9.91. The minimum Gasteiger partial charge on any atom is -0.331 e. The maximum Gasteiger partial charge on any atom is 0.255 e. The molecule has 0 aromatic heterocycles. The quantitative estimate of drug-likeness (QED) is 0.891. The second-order valence-electron chi connectivity index (χ2n) is 7.30. The fourth-order valence-electron chi connectivity index (χ4n) is 3.85. The van der Waals surface area contributed by atoms with Crippen LogP contribution < -0.4 is 10.2 Å². The molecule has 0 bridgehead atoms. The number of hydrogen-bond donors (Lipinski definition) is 2. The van der Waals surface area contributed by atoms with Gasteiger partial charge in [0.1, 0.15) is 6.54 Å². The third-order valence-corrected chi connectivity index (χ3v) is 4.78. The van der Waals surface area contributed by atoms with Gasteiger partial charge in [-0.25, -0.2) is 0 Å². The molecule has 3 nitrogen and oxygen atoms in total. The van der Waals surface area contributed by atoms with Gasteiger partial charge in [0.2, 0.25) is 0 Å². The maximum atomic E-state index is 12.3. The summed E-state index contributed by atoms with van der Waals surface area (Å²) in [6, 6.07) is 17.6. The first-order valence-corrected chi connectivity index (χ1v) is 8.89. The first-order valence-electron chi connectivity index (χ1n) is 8.89. The van der Waals surface area contributed by atoms with Gasteiger partial charge in [0.25, 0.3) is 5.91 Å². The summed E-state index contributed by atoms with van der Waals surface area (Å²) in [6.07, 6.45) is 1.35. The van der Waals surface area contributed by atoms with Gasteiger partial charge in [-0.1, -0.05) is 44.2 Å². The second kappa shape index (κ2) is 7.63. The van der Waals surface area contributed by atoms with Crippen LogP contribution in [-0.2, 0) is 6.54 Å². The van der Waals surface area contributed by atoms with Crippen LogP contribution in [0, 0.1) is 11.8 Å². The Hall–Kier alpha value is -2.13. The van der Waals surface area contributed by atoms with Crippen molar-refractivity contribution in [1.29, 1.82) is 0 Å². The number of carbonyl (C=O) groups excluding carboxylic acids is 1. The van der Waals surface area contributed by atoms with Gasteiger partial charge in [-0.3, -0.25) is 4.79 Å². The zero-order valence-corrected chi connectivity index (χ0v) is 14.6. The summed E-state index contributed by atoms with van der Waals surface area (Å²) in [5, 5.41) is 2.93. The molecule has 3 heteroatoms. The Labute approximate surface area is 144 Å². The van der Waals surface area contributed by atoms with Gasteiger partial charge >= 0.3 is 0 Å². The van der Waals surface area contributed by atoms with E-state index in [-0.39, 0.29) is 5.91 Å². The zero-order chi connectivity index (χ0) is 16.9. The summed E-state index contributed by atoms with van der Waals surface area (Å²) in [7, 11) is 0. The van der Waals surface area contributed by atoms with Crippen molar-refractivity contribution in [1.82, 2.24) is 0 Å². The predicted octanol–water partition coefficient (Wildman–Crippen LogP) is 3.00. The van der Waals surface area contributed by atoms with Crippen molar-refractivity contribution < 1.29 is 9.69 Å². The highest BCUT2D eigenvalue weighted by molar-refractivity contribution is 6.04. The van der Waals surface area contributed by atoms with Gasteiger partial charge in [0.15, 0.2) is 0 Å². The number of amides is 1. The predicted molar refractivity (Wildman–Crippen MR) is 98.2 cm³/mol. The summed E-state index contributed by atoms with van der Waals surface area (Å²) in [4.78, 5) is 13.9. The molecule has 1 aliphatic rings. The molecule has 126 valence electrons. The minimum absolute atomic E-state index is 0.0553. The fraction of sp³-hybridized carbons (Fsp3) is 0.381. The molecule has 3 rings (SSSR count). The molecule has 2 aromatic carbocycles. The first kappa shape index (κ1) is 16.7. The Morgan fingerprint density at radius 3 is 2.25 bits per heavy atom. The zero-order valence-electron chi connectivity index (χ0n) is 14.6. The summed E-state index contributed by atoms with van der Waals surface area (Å²) in [5.74, 6) is 1.56. The van der Waals surface area contributed by atoms with Crippen LogP contribution in [0.5, 0.6) is 0 Å². The second-order valence-corrected chi connectivity index (χ2v) is 7.30. The number of hydrogen-bond acceptors (Lipinski definition) is 1. The lowest BCUT2D eigenvalue weighted by Gasteiger charge is -2.32. The van der Waals surface area contributed by atoms with Crippen LogP contribution >= 0.6 is 0 Å². The average Bonchev–Trinajstić information content (AvgIpc) is 2.55. The molecular formula is C21H27N2O+. The molecule has 2 aromatic rings. The largest absolute Gasteiger partial charge is 0.331 e. The molecule has 1 heterocycles. The standard InChI is InChI=1S/C21H26N2O/c1-16-12-17(2)14-23(13-16)15-18-8-10-19(11-9-18)21(24)22-20-6-4-3-5-7-20/h3-11,16-17H,12-15H2,1-2H3,(H,22,24)/p+1/t16-,17-/m0/s1. The van der Waals surface area contributed by atoms with Crippen molar-refractivity contribution in [2.75, 3.05) is 18.4 Å². The van der Waals surface area contributed by atoms with Crippen molar-refractivity contribution in [2.24, 2.45) is 11.8 Å². The topological polar surface area (TPSA) is 33.5 Å². The molecule has 0 radical (unpaired) electrons. The van der Waals surface area contributed by atoms with Crippen LogP contribution in [0.25, 0.3) is 0 Å². The van der Waals surface area contributed by atoms with Crippen LogP contribution in [0.15, 0.2) is 54.6 Å². The van der Waals surface area contributed by atoms with E-state index < -0.39 is 0 Å². The van der Waals surface area contributed by atoms with Crippen LogP contribution in [-0.4, -0.2) is 19.0 Å². The number of anilines is 1. The van der Waals surface area contributed by atoms with Gasteiger partial charge in [-0.05, 0) is 30.7 Å². The molecule has 1 fully saturated rings. The Bertz CT molecular complexity index is 656. The van der Waals surface area contributed by atoms with E-state index in [0.29, 0.717) is 5.56 Å².